The topological polar surface area (TPSA) is 111 Å². The molecule has 2 amide bonds. The summed E-state index contributed by atoms with van der Waals surface area (Å²) in [5.41, 5.74) is -0.936. The Morgan fingerprint density at radius 2 is 2.04 bits per heavy atom. The van der Waals surface area contributed by atoms with Crippen molar-refractivity contribution in [2.45, 2.75) is 56.7 Å². The van der Waals surface area contributed by atoms with Crippen LogP contribution in [-0.4, -0.2) is 46.6 Å². The number of esters is 1. The van der Waals surface area contributed by atoms with Gasteiger partial charge in [0.15, 0.2) is 5.82 Å². The largest absolute Gasteiger partial charge is 0.467 e. The van der Waals surface area contributed by atoms with E-state index in [2.05, 4.69) is 15.8 Å². The molecule has 1 aliphatic rings. The molecule has 26 heavy (non-hydrogen) atoms. The van der Waals surface area contributed by atoms with E-state index >= 15 is 0 Å². The van der Waals surface area contributed by atoms with E-state index in [1.165, 1.54) is 18.9 Å². The molecule has 1 atom stereocenters. The Bertz CT molecular complexity index is 655. The summed E-state index contributed by atoms with van der Waals surface area (Å²) >= 11 is 1.19. The number of hydrogen-bond acceptors (Lipinski definition) is 7. The monoisotopic (exact) mass is 383 g/mol. The van der Waals surface area contributed by atoms with Crippen molar-refractivity contribution in [1.82, 2.24) is 10.5 Å². The van der Waals surface area contributed by atoms with E-state index in [4.69, 9.17) is 9.26 Å². The number of anilines is 1. The average Bonchev–Trinajstić information content (AvgIpc) is 3.04. The van der Waals surface area contributed by atoms with Crippen LogP contribution in [0.2, 0.25) is 0 Å². The smallest absolute Gasteiger partial charge is 0.331 e. The zero-order chi connectivity index (χ0) is 19.2. The number of nitrogens with one attached hydrogen (secondary N) is 2. The molecule has 144 valence electrons. The lowest BCUT2D eigenvalue weighted by atomic mass is 9.81. The fourth-order valence-corrected chi connectivity index (χ4v) is 3.65. The summed E-state index contributed by atoms with van der Waals surface area (Å²) < 4.78 is 9.78. The summed E-state index contributed by atoms with van der Waals surface area (Å²) in [5, 5.41) is 8.71. The number of rotatable bonds is 7. The minimum absolute atomic E-state index is 0.0746. The van der Waals surface area contributed by atoms with Crippen molar-refractivity contribution in [3.05, 3.63) is 11.8 Å². The van der Waals surface area contributed by atoms with Crippen LogP contribution >= 0.6 is 11.8 Å². The van der Waals surface area contributed by atoms with Crippen LogP contribution in [0.4, 0.5) is 5.82 Å². The highest BCUT2D eigenvalue weighted by atomic mass is 32.2. The van der Waals surface area contributed by atoms with E-state index < -0.39 is 16.8 Å². The van der Waals surface area contributed by atoms with Crippen molar-refractivity contribution in [3.63, 3.8) is 0 Å². The quantitative estimate of drug-likeness (QED) is 0.693. The molecular formula is C17H25N3O5S. The van der Waals surface area contributed by atoms with Crippen LogP contribution in [0.3, 0.4) is 0 Å². The van der Waals surface area contributed by atoms with Gasteiger partial charge in [-0.2, -0.15) is 0 Å². The van der Waals surface area contributed by atoms with E-state index in [0.717, 1.165) is 19.3 Å². The molecule has 1 aromatic rings. The second-order valence-corrected chi connectivity index (χ2v) is 7.78. The second-order valence-electron chi connectivity index (χ2n) is 6.45. The van der Waals surface area contributed by atoms with E-state index in [-0.39, 0.29) is 17.6 Å². The zero-order valence-corrected chi connectivity index (χ0v) is 16.1. The molecule has 0 saturated heterocycles. The third kappa shape index (κ3) is 5.23. The number of nitrogens with zero attached hydrogens (tertiary/aromatic N) is 1. The third-order valence-corrected chi connectivity index (χ3v) is 5.52. The van der Waals surface area contributed by atoms with Gasteiger partial charge in [0, 0.05) is 6.07 Å². The molecule has 9 heteroatoms. The SMILES string of the molecule is COC(=O)C1(NC(=O)CSC(C)C(=O)Nc2cc(C)on2)CCCCC1. The molecule has 1 fully saturated rings. The molecule has 1 saturated carbocycles. The van der Waals surface area contributed by atoms with Crippen LogP contribution in [0.5, 0.6) is 0 Å². The van der Waals surface area contributed by atoms with Gasteiger partial charge in [-0.1, -0.05) is 24.4 Å². The van der Waals surface area contributed by atoms with Crippen molar-refractivity contribution < 1.29 is 23.6 Å². The van der Waals surface area contributed by atoms with E-state index in [9.17, 15) is 14.4 Å². The average molecular weight is 383 g/mol. The lowest BCUT2D eigenvalue weighted by molar-refractivity contribution is -0.152. The first-order chi connectivity index (χ1) is 12.4. The molecule has 2 rings (SSSR count). The van der Waals surface area contributed by atoms with Gasteiger partial charge in [0.25, 0.3) is 0 Å². The first kappa shape index (κ1) is 20.3. The summed E-state index contributed by atoms with van der Waals surface area (Å²) in [6.45, 7) is 3.44. The molecule has 0 bridgehead atoms. The second kappa shape index (κ2) is 9.07. The number of aromatic nitrogens is 1. The van der Waals surface area contributed by atoms with Gasteiger partial charge in [0.1, 0.15) is 11.3 Å². The van der Waals surface area contributed by atoms with Crippen LogP contribution in [0.15, 0.2) is 10.6 Å². The number of thioether (sulfide) groups is 1. The Morgan fingerprint density at radius 3 is 2.62 bits per heavy atom. The number of methoxy groups -OCH3 is 1. The van der Waals surface area contributed by atoms with Crippen molar-refractivity contribution in [1.29, 1.82) is 0 Å². The van der Waals surface area contributed by atoms with Crippen LogP contribution < -0.4 is 10.6 Å². The Labute approximate surface area is 156 Å². The summed E-state index contributed by atoms with van der Waals surface area (Å²) in [7, 11) is 1.33. The number of amides is 2. The first-order valence-corrected chi connectivity index (χ1v) is 9.66. The predicted octanol–water partition coefficient (Wildman–Crippen LogP) is 2.04. The minimum Gasteiger partial charge on any atom is -0.467 e. The van der Waals surface area contributed by atoms with Crippen molar-refractivity contribution in [2.75, 3.05) is 18.2 Å². The van der Waals surface area contributed by atoms with Crippen LogP contribution in [0.25, 0.3) is 0 Å². The molecule has 8 nitrogen and oxygen atoms in total. The van der Waals surface area contributed by atoms with Gasteiger partial charge in [0.05, 0.1) is 18.1 Å². The molecule has 0 aromatic carbocycles. The number of aryl methyl sites for hydroxylation is 1. The lowest BCUT2D eigenvalue weighted by Gasteiger charge is -2.35. The molecule has 1 heterocycles. The molecular weight excluding hydrogens is 358 g/mol. The summed E-state index contributed by atoms with van der Waals surface area (Å²) in [6.07, 6.45) is 3.95. The summed E-state index contributed by atoms with van der Waals surface area (Å²) in [5.74, 6) is 0.0702. The summed E-state index contributed by atoms with van der Waals surface area (Å²) in [4.78, 5) is 36.6. The lowest BCUT2D eigenvalue weighted by Crippen LogP contribution is -2.56. The van der Waals surface area contributed by atoms with Gasteiger partial charge < -0.3 is 19.9 Å². The van der Waals surface area contributed by atoms with Crippen LogP contribution in [0.1, 0.15) is 44.8 Å². The number of carbonyl (C=O) groups is 3. The fourth-order valence-electron chi connectivity index (χ4n) is 2.96. The zero-order valence-electron chi connectivity index (χ0n) is 15.3. The van der Waals surface area contributed by atoms with Crippen molar-refractivity contribution in [3.8, 4) is 0 Å². The first-order valence-electron chi connectivity index (χ1n) is 8.61. The third-order valence-electron chi connectivity index (χ3n) is 4.37. The maximum absolute atomic E-state index is 12.3. The van der Waals surface area contributed by atoms with Crippen LogP contribution in [0, 0.1) is 6.92 Å². The standard InChI is InChI=1S/C17H25N3O5S/c1-11-9-13(20-25-11)18-15(22)12(2)26-10-14(21)19-17(16(23)24-3)7-5-4-6-8-17/h9,12H,4-8,10H2,1-3H3,(H,19,21)(H,18,20,22). The Hall–Kier alpha value is -2.03. The molecule has 1 aliphatic carbocycles. The minimum atomic E-state index is -0.936. The van der Waals surface area contributed by atoms with Gasteiger partial charge in [-0.25, -0.2) is 4.79 Å². The molecule has 1 aromatic heterocycles. The predicted molar refractivity (Wildman–Crippen MR) is 97.8 cm³/mol. The van der Waals surface area contributed by atoms with Gasteiger partial charge in [-0.3, -0.25) is 9.59 Å². The molecule has 0 aliphatic heterocycles. The van der Waals surface area contributed by atoms with Gasteiger partial charge in [-0.15, -0.1) is 11.8 Å². The number of ether oxygens (including phenoxy) is 1. The molecule has 0 radical (unpaired) electrons. The maximum atomic E-state index is 12.3. The van der Waals surface area contributed by atoms with Gasteiger partial charge in [-0.05, 0) is 26.7 Å². The van der Waals surface area contributed by atoms with E-state index in [0.29, 0.717) is 24.4 Å². The highest BCUT2D eigenvalue weighted by Crippen LogP contribution is 2.29. The number of hydrogen-bond donors (Lipinski definition) is 2. The van der Waals surface area contributed by atoms with Gasteiger partial charge >= 0.3 is 5.97 Å². The normalized spacial score (nSPS) is 17.2. The molecule has 2 N–H and O–H groups in total. The summed E-state index contributed by atoms with van der Waals surface area (Å²) in [6, 6.07) is 1.62. The van der Waals surface area contributed by atoms with Crippen LogP contribution in [-0.2, 0) is 19.1 Å². The van der Waals surface area contributed by atoms with Crippen molar-refractivity contribution in [2.24, 2.45) is 0 Å². The van der Waals surface area contributed by atoms with E-state index in [1.807, 2.05) is 0 Å². The highest BCUT2D eigenvalue weighted by Gasteiger charge is 2.41. The van der Waals surface area contributed by atoms with E-state index in [1.54, 1.807) is 19.9 Å². The number of carbonyl (C=O) groups excluding carboxylic acids is 3. The maximum Gasteiger partial charge on any atom is 0.331 e. The molecule has 0 spiro atoms. The van der Waals surface area contributed by atoms with Gasteiger partial charge in [0.2, 0.25) is 11.8 Å². The highest BCUT2D eigenvalue weighted by molar-refractivity contribution is 8.01. The molecule has 1 unspecified atom stereocenters. The Kier molecular flexibility index (Phi) is 7.07. The Balaban J connectivity index is 1.84. The fraction of sp³-hybridized carbons (Fsp3) is 0.647. The van der Waals surface area contributed by atoms with Crippen molar-refractivity contribution >= 4 is 35.4 Å². The Morgan fingerprint density at radius 1 is 1.35 bits per heavy atom.